The monoisotopic (exact) mass is 281 g/mol. The first-order chi connectivity index (χ1) is 9.10. The zero-order chi connectivity index (χ0) is 14.3. The molecule has 108 valence electrons. The molecule has 3 unspecified atom stereocenters. The molecule has 0 aliphatic carbocycles. The molecule has 0 saturated heterocycles. The summed E-state index contributed by atoms with van der Waals surface area (Å²) in [5.74, 6) is 0.811. The van der Waals surface area contributed by atoms with Gasteiger partial charge in [0, 0.05) is 22.6 Å². The molecule has 1 aromatic carbocycles. The minimum atomic E-state index is -0.765. The molecule has 0 saturated carbocycles. The molecule has 0 aliphatic heterocycles. The van der Waals surface area contributed by atoms with E-state index in [1.165, 1.54) is 11.1 Å². The van der Waals surface area contributed by atoms with E-state index in [0.717, 1.165) is 25.1 Å². The molecule has 3 atom stereocenters. The van der Waals surface area contributed by atoms with Crippen molar-refractivity contribution in [3.05, 3.63) is 35.4 Å². The number of nitrogens with one attached hydrogen (secondary N) is 1. The summed E-state index contributed by atoms with van der Waals surface area (Å²) in [7, 11) is -0.765. The number of hydrogen-bond acceptors (Lipinski definition) is 2. The van der Waals surface area contributed by atoms with Crippen molar-refractivity contribution in [1.82, 2.24) is 5.32 Å². The summed E-state index contributed by atoms with van der Waals surface area (Å²) < 4.78 is 12.3. The van der Waals surface area contributed by atoms with Crippen molar-refractivity contribution in [3.8, 4) is 0 Å². The van der Waals surface area contributed by atoms with Crippen LogP contribution < -0.4 is 5.32 Å². The average Bonchev–Trinajstić information content (AvgIpc) is 2.42. The summed E-state index contributed by atoms with van der Waals surface area (Å²) in [5.41, 5.74) is 2.50. The molecule has 0 amide bonds. The van der Waals surface area contributed by atoms with Crippen LogP contribution in [0.1, 0.15) is 50.8 Å². The molecule has 1 aromatic rings. The highest BCUT2D eigenvalue weighted by atomic mass is 32.2. The first kappa shape index (κ1) is 16.4. The zero-order valence-electron chi connectivity index (χ0n) is 12.6. The van der Waals surface area contributed by atoms with Crippen LogP contribution in [0.15, 0.2) is 24.3 Å². The van der Waals surface area contributed by atoms with Gasteiger partial charge in [0.05, 0.1) is 5.25 Å². The van der Waals surface area contributed by atoms with E-state index < -0.39 is 10.8 Å². The second-order valence-corrected chi connectivity index (χ2v) is 7.00. The van der Waals surface area contributed by atoms with Gasteiger partial charge in [0.1, 0.15) is 0 Å². The minimum Gasteiger partial charge on any atom is -0.309 e. The molecule has 0 aromatic heterocycles. The molecule has 19 heavy (non-hydrogen) atoms. The SMILES string of the molecule is CCCCS(=O)C(C)C(NCC)c1ccc(C)cc1. The summed E-state index contributed by atoms with van der Waals surface area (Å²) in [5, 5.41) is 3.63. The van der Waals surface area contributed by atoms with E-state index in [9.17, 15) is 4.21 Å². The summed E-state index contributed by atoms with van der Waals surface area (Å²) in [6, 6.07) is 8.73. The second kappa shape index (κ2) is 8.49. The van der Waals surface area contributed by atoms with Crippen molar-refractivity contribution in [1.29, 1.82) is 0 Å². The first-order valence-corrected chi connectivity index (χ1v) is 8.65. The van der Waals surface area contributed by atoms with E-state index in [0.29, 0.717) is 0 Å². The van der Waals surface area contributed by atoms with Crippen LogP contribution in [0.5, 0.6) is 0 Å². The molecule has 0 aliphatic rings. The number of rotatable bonds is 8. The highest BCUT2D eigenvalue weighted by Crippen LogP contribution is 2.21. The van der Waals surface area contributed by atoms with Crippen LogP contribution >= 0.6 is 0 Å². The number of benzene rings is 1. The Balaban J connectivity index is 2.81. The molecule has 1 rings (SSSR count). The Morgan fingerprint density at radius 3 is 2.37 bits per heavy atom. The van der Waals surface area contributed by atoms with Crippen LogP contribution in [-0.4, -0.2) is 21.8 Å². The van der Waals surface area contributed by atoms with E-state index in [-0.39, 0.29) is 11.3 Å². The molecule has 0 spiro atoms. The van der Waals surface area contributed by atoms with Gasteiger partial charge in [-0.1, -0.05) is 50.1 Å². The largest absolute Gasteiger partial charge is 0.309 e. The van der Waals surface area contributed by atoms with Crippen molar-refractivity contribution in [3.63, 3.8) is 0 Å². The van der Waals surface area contributed by atoms with Gasteiger partial charge in [0.2, 0.25) is 0 Å². The smallest absolute Gasteiger partial charge is 0.0514 e. The lowest BCUT2D eigenvalue weighted by molar-refractivity contribution is 0.535. The Morgan fingerprint density at radius 2 is 1.84 bits per heavy atom. The van der Waals surface area contributed by atoms with Gasteiger partial charge in [0.15, 0.2) is 0 Å². The van der Waals surface area contributed by atoms with Crippen LogP contribution in [0, 0.1) is 6.92 Å². The van der Waals surface area contributed by atoms with Gasteiger partial charge in [0.25, 0.3) is 0 Å². The van der Waals surface area contributed by atoms with E-state index in [1.807, 2.05) is 0 Å². The van der Waals surface area contributed by atoms with Crippen LogP contribution in [-0.2, 0) is 10.8 Å². The van der Waals surface area contributed by atoms with Crippen molar-refractivity contribution < 1.29 is 4.21 Å². The fourth-order valence-corrected chi connectivity index (χ4v) is 3.67. The summed E-state index contributed by atoms with van der Waals surface area (Å²) in [4.78, 5) is 0. The van der Waals surface area contributed by atoms with Gasteiger partial charge in [-0.2, -0.15) is 0 Å². The second-order valence-electron chi connectivity index (χ2n) is 5.09. The van der Waals surface area contributed by atoms with Gasteiger partial charge in [-0.3, -0.25) is 4.21 Å². The summed E-state index contributed by atoms with van der Waals surface area (Å²) in [6.07, 6.45) is 2.15. The lowest BCUT2D eigenvalue weighted by atomic mass is 10.0. The minimum absolute atomic E-state index is 0.147. The molecule has 0 radical (unpaired) electrons. The van der Waals surface area contributed by atoms with Gasteiger partial charge in [-0.25, -0.2) is 0 Å². The molecule has 0 heterocycles. The maximum atomic E-state index is 12.3. The maximum Gasteiger partial charge on any atom is 0.0514 e. The highest BCUT2D eigenvalue weighted by Gasteiger charge is 2.23. The lowest BCUT2D eigenvalue weighted by Crippen LogP contribution is -2.33. The van der Waals surface area contributed by atoms with Gasteiger partial charge in [-0.15, -0.1) is 0 Å². The fourth-order valence-electron chi connectivity index (χ4n) is 2.17. The topological polar surface area (TPSA) is 29.1 Å². The number of unbranched alkanes of at least 4 members (excludes halogenated alkanes) is 1. The molecule has 0 fully saturated rings. The molecule has 2 nitrogen and oxygen atoms in total. The van der Waals surface area contributed by atoms with Crippen LogP contribution in [0.3, 0.4) is 0 Å². The molecule has 0 bridgehead atoms. The lowest BCUT2D eigenvalue weighted by Gasteiger charge is -2.25. The third-order valence-corrected chi connectivity index (χ3v) is 5.24. The Morgan fingerprint density at radius 1 is 1.21 bits per heavy atom. The molecule has 3 heteroatoms. The highest BCUT2D eigenvalue weighted by molar-refractivity contribution is 7.85. The maximum absolute atomic E-state index is 12.3. The third-order valence-electron chi connectivity index (χ3n) is 3.44. The first-order valence-electron chi connectivity index (χ1n) is 7.27. The predicted octanol–water partition coefficient (Wildman–Crippen LogP) is 3.58. The summed E-state index contributed by atoms with van der Waals surface area (Å²) >= 11 is 0. The fraction of sp³-hybridized carbons (Fsp3) is 0.625. The molecule has 1 N–H and O–H groups in total. The van der Waals surface area contributed by atoms with Gasteiger partial charge < -0.3 is 5.32 Å². The Bertz CT molecular complexity index is 388. The van der Waals surface area contributed by atoms with E-state index in [2.05, 4.69) is 57.3 Å². The van der Waals surface area contributed by atoms with Crippen molar-refractivity contribution in [2.75, 3.05) is 12.3 Å². The van der Waals surface area contributed by atoms with Crippen molar-refractivity contribution in [2.45, 2.75) is 51.8 Å². The van der Waals surface area contributed by atoms with Crippen molar-refractivity contribution in [2.24, 2.45) is 0 Å². The standard InChI is InChI=1S/C16H27NOS/c1-5-7-12-19(18)14(4)16(17-6-2)15-10-8-13(3)9-11-15/h8-11,14,16-17H,5-7,12H2,1-4H3. The predicted molar refractivity (Wildman–Crippen MR) is 85.0 cm³/mol. The van der Waals surface area contributed by atoms with Gasteiger partial charge >= 0.3 is 0 Å². The summed E-state index contributed by atoms with van der Waals surface area (Å²) in [6.45, 7) is 9.33. The molecular weight excluding hydrogens is 254 g/mol. The quantitative estimate of drug-likeness (QED) is 0.789. The van der Waals surface area contributed by atoms with E-state index in [1.54, 1.807) is 0 Å². The van der Waals surface area contributed by atoms with Crippen LogP contribution in [0.25, 0.3) is 0 Å². The van der Waals surface area contributed by atoms with Crippen LogP contribution in [0.4, 0.5) is 0 Å². The Hall–Kier alpha value is -0.670. The van der Waals surface area contributed by atoms with Crippen molar-refractivity contribution >= 4 is 10.8 Å². The zero-order valence-corrected chi connectivity index (χ0v) is 13.4. The third kappa shape index (κ3) is 5.07. The van der Waals surface area contributed by atoms with E-state index >= 15 is 0 Å². The van der Waals surface area contributed by atoms with E-state index in [4.69, 9.17) is 0 Å². The normalized spacial score (nSPS) is 16.0. The van der Waals surface area contributed by atoms with Gasteiger partial charge in [-0.05, 0) is 32.4 Å². The number of aryl methyl sites for hydroxylation is 1. The number of hydrogen-bond donors (Lipinski definition) is 1. The van der Waals surface area contributed by atoms with Crippen LogP contribution in [0.2, 0.25) is 0 Å². The Labute approximate surface area is 120 Å². The average molecular weight is 281 g/mol. The molecular formula is C16H27NOS. The Kier molecular flexibility index (Phi) is 7.32.